The van der Waals surface area contributed by atoms with Crippen LogP contribution in [0.3, 0.4) is 0 Å². The zero-order valence-corrected chi connectivity index (χ0v) is 11.8. The van der Waals surface area contributed by atoms with Crippen molar-refractivity contribution in [3.63, 3.8) is 0 Å². The summed E-state index contributed by atoms with van der Waals surface area (Å²) in [5.41, 5.74) is 0.182. The van der Waals surface area contributed by atoms with Crippen LogP contribution in [0, 0.1) is 22.0 Å². The lowest BCUT2D eigenvalue weighted by molar-refractivity contribution is -0.384. The third-order valence-electron chi connectivity index (χ3n) is 4.24. The summed E-state index contributed by atoms with van der Waals surface area (Å²) in [6.45, 7) is 0. The van der Waals surface area contributed by atoms with Crippen LogP contribution in [0.25, 0.3) is 0 Å². The summed E-state index contributed by atoms with van der Waals surface area (Å²) in [6, 6.07) is 5.68. The summed E-state index contributed by atoms with van der Waals surface area (Å²) >= 11 is 0. The van der Waals surface area contributed by atoms with Crippen LogP contribution in [-0.2, 0) is 4.79 Å². The van der Waals surface area contributed by atoms with Crippen LogP contribution >= 0.6 is 0 Å². The summed E-state index contributed by atoms with van der Waals surface area (Å²) < 4.78 is 0. The van der Waals surface area contributed by atoms with E-state index in [-0.39, 0.29) is 40.5 Å². The fourth-order valence-electron chi connectivity index (χ4n) is 3.13. The Morgan fingerprint density at radius 2 is 1.91 bits per heavy atom. The van der Waals surface area contributed by atoms with Gasteiger partial charge < -0.3 is 5.11 Å². The van der Waals surface area contributed by atoms with Crippen molar-refractivity contribution in [1.82, 2.24) is 0 Å². The number of aliphatic hydroxyl groups excluding tert-OH is 1. The number of hydrogen-bond acceptors (Lipinski definition) is 6. The molecule has 7 nitrogen and oxygen atoms in total. The minimum Gasteiger partial charge on any atom is -0.510 e. The van der Waals surface area contributed by atoms with Gasteiger partial charge in [-0.05, 0) is 18.9 Å². The van der Waals surface area contributed by atoms with Crippen LogP contribution in [0.5, 0.6) is 0 Å². The Kier molecular flexibility index (Phi) is 3.70. The topological polar surface area (TPSA) is 105 Å². The van der Waals surface area contributed by atoms with Gasteiger partial charge in [-0.2, -0.15) is 5.11 Å². The van der Waals surface area contributed by atoms with E-state index in [9.17, 15) is 20.0 Å². The lowest BCUT2D eigenvalue weighted by atomic mass is 9.80. The molecule has 3 rings (SSSR count). The number of Topliss-reactive ketones (excluding diaryl/α,β-unsaturated/α-hetero) is 1. The first-order valence-corrected chi connectivity index (χ1v) is 7.21. The number of ketones is 1. The maximum absolute atomic E-state index is 12.3. The molecule has 2 aliphatic carbocycles. The number of nitro groups is 1. The van der Waals surface area contributed by atoms with Gasteiger partial charge in [-0.3, -0.25) is 14.9 Å². The van der Waals surface area contributed by atoms with Gasteiger partial charge in [0.05, 0.1) is 10.6 Å². The zero-order chi connectivity index (χ0) is 15.7. The number of allylic oxidation sites excluding steroid dienone is 2. The van der Waals surface area contributed by atoms with Gasteiger partial charge in [0.1, 0.15) is 5.76 Å². The maximum atomic E-state index is 12.3. The first kappa shape index (κ1) is 14.4. The van der Waals surface area contributed by atoms with E-state index in [1.54, 1.807) is 6.07 Å². The molecule has 0 heterocycles. The molecule has 1 aromatic rings. The minimum atomic E-state index is -0.523. The van der Waals surface area contributed by atoms with Crippen molar-refractivity contribution < 1.29 is 14.8 Å². The highest BCUT2D eigenvalue weighted by Gasteiger charge is 2.43. The number of carbonyl (C=O) groups excluding carboxylic acids is 1. The van der Waals surface area contributed by atoms with E-state index < -0.39 is 4.92 Å². The first-order chi connectivity index (χ1) is 10.6. The van der Waals surface area contributed by atoms with E-state index in [1.165, 1.54) is 18.2 Å². The van der Waals surface area contributed by atoms with Crippen molar-refractivity contribution in [3.05, 3.63) is 45.8 Å². The molecule has 0 radical (unpaired) electrons. The summed E-state index contributed by atoms with van der Waals surface area (Å²) in [6.07, 6.45) is 3.53. The number of nitro benzene ring substituents is 1. The van der Waals surface area contributed by atoms with Crippen molar-refractivity contribution >= 4 is 17.2 Å². The van der Waals surface area contributed by atoms with Crippen LogP contribution < -0.4 is 0 Å². The Bertz CT molecular complexity index is 696. The van der Waals surface area contributed by atoms with Crippen molar-refractivity contribution in [3.8, 4) is 0 Å². The predicted octanol–water partition coefficient (Wildman–Crippen LogP) is 3.84. The van der Waals surface area contributed by atoms with Crippen molar-refractivity contribution in [2.75, 3.05) is 0 Å². The molecule has 1 N–H and O–H groups in total. The molecular formula is C15H15N3O4. The second-order valence-corrected chi connectivity index (χ2v) is 5.57. The summed E-state index contributed by atoms with van der Waals surface area (Å²) in [7, 11) is 0. The fraction of sp³-hybridized carbons (Fsp3) is 0.400. The Labute approximate surface area is 126 Å². The lowest BCUT2D eigenvalue weighted by Gasteiger charge is -2.23. The third kappa shape index (κ3) is 2.49. The number of aliphatic hydroxyl groups is 1. The number of nitrogens with zero attached hydrogens (tertiary/aromatic N) is 3. The highest BCUT2D eigenvalue weighted by atomic mass is 16.6. The summed E-state index contributed by atoms with van der Waals surface area (Å²) in [5.74, 6) is -0.478. The molecule has 1 saturated carbocycles. The molecule has 2 unspecified atom stereocenters. The molecule has 0 saturated heterocycles. The Morgan fingerprint density at radius 1 is 1.18 bits per heavy atom. The molecule has 0 aliphatic heterocycles. The number of non-ortho nitro benzene ring substituents is 1. The number of rotatable bonds is 3. The molecule has 22 heavy (non-hydrogen) atoms. The van der Waals surface area contributed by atoms with Crippen LogP contribution in [0.15, 0.2) is 46.0 Å². The normalized spacial score (nSPS) is 24.8. The third-order valence-corrected chi connectivity index (χ3v) is 4.24. The van der Waals surface area contributed by atoms with Crippen LogP contribution in [-0.4, -0.2) is 15.8 Å². The zero-order valence-electron chi connectivity index (χ0n) is 11.8. The number of azo groups is 1. The molecule has 0 aromatic heterocycles. The smallest absolute Gasteiger partial charge is 0.271 e. The summed E-state index contributed by atoms with van der Waals surface area (Å²) in [5, 5.41) is 28.6. The highest BCUT2D eigenvalue weighted by molar-refractivity contribution is 6.00. The van der Waals surface area contributed by atoms with E-state index in [0.717, 1.165) is 25.7 Å². The first-order valence-electron chi connectivity index (χ1n) is 7.21. The molecule has 114 valence electrons. The van der Waals surface area contributed by atoms with E-state index in [4.69, 9.17) is 0 Å². The number of benzene rings is 1. The molecule has 2 atom stereocenters. The molecule has 0 spiro atoms. The molecular weight excluding hydrogens is 286 g/mol. The second kappa shape index (κ2) is 5.67. The molecule has 7 heteroatoms. The number of carbonyl (C=O) groups is 1. The second-order valence-electron chi connectivity index (χ2n) is 5.57. The average Bonchev–Trinajstić information content (AvgIpc) is 2.78. The quantitative estimate of drug-likeness (QED) is 0.520. The standard InChI is InChI=1S/C15H15N3O4/c19-14-11-6-1-2-7-12(11)15(20)13(14)17-16-9-4-3-5-10(8-9)18(21)22/h3-5,8,11-12,19H,1-2,6-7H2. The van der Waals surface area contributed by atoms with Gasteiger partial charge in [-0.15, -0.1) is 5.11 Å². The van der Waals surface area contributed by atoms with Crippen molar-refractivity contribution in [2.24, 2.45) is 22.1 Å². The van der Waals surface area contributed by atoms with E-state index in [1.807, 2.05) is 0 Å². The van der Waals surface area contributed by atoms with E-state index in [2.05, 4.69) is 10.2 Å². The monoisotopic (exact) mass is 301 g/mol. The van der Waals surface area contributed by atoms with Gasteiger partial charge >= 0.3 is 0 Å². The molecule has 2 aliphatic rings. The largest absolute Gasteiger partial charge is 0.510 e. The van der Waals surface area contributed by atoms with Gasteiger partial charge in [0.15, 0.2) is 11.5 Å². The summed E-state index contributed by atoms with van der Waals surface area (Å²) in [4.78, 5) is 22.5. The molecule has 1 fully saturated rings. The van der Waals surface area contributed by atoms with Gasteiger partial charge in [-0.25, -0.2) is 0 Å². The maximum Gasteiger partial charge on any atom is 0.271 e. The van der Waals surface area contributed by atoms with Crippen LogP contribution in [0.2, 0.25) is 0 Å². The SMILES string of the molecule is O=C1C(N=Nc2cccc([N+](=O)[O-])c2)=C(O)C2CCCCC12. The van der Waals surface area contributed by atoms with Crippen LogP contribution in [0.4, 0.5) is 11.4 Å². The highest BCUT2D eigenvalue weighted by Crippen LogP contribution is 2.43. The number of fused-ring (bicyclic) bond motifs is 1. The molecule has 0 amide bonds. The Morgan fingerprint density at radius 3 is 2.59 bits per heavy atom. The van der Waals surface area contributed by atoms with E-state index in [0.29, 0.717) is 0 Å². The predicted molar refractivity (Wildman–Crippen MR) is 77.7 cm³/mol. The van der Waals surface area contributed by atoms with Gasteiger partial charge in [0.2, 0.25) is 0 Å². The number of hydrogen-bond donors (Lipinski definition) is 1. The van der Waals surface area contributed by atoms with Crippen molar-refractivity contribution in [1.29, 1.82) is 0 Å². The fourth-order valence-corrected chi connectivity index (χ4v) is 3.13. The van der Waals surface area contributed by atoms with Gasteiger partial charge in [0.25, 0.3) is 5.69 Å². The van der Waals surface area contributed by atoms with E-state index >= 15 is 0 Å². The Hall–Kier alpha value is -2.57. The van der Waals surface area contributed by atoms with Crippen LogP contribution in [0.1, 0.15) is 25.7 Å². The molecule has 0 bridgehead atoms. The average molecular weight is 301 g/mol. The minimum absolute atomic E-state index is 0.00315. The lowest BCUT2D eigenvalue weighted by Crippen LogP contribution is -2.21. The van der Waals surface area contributed by atoms with Crippen molar-refractivity contribution in [2.45, 2.75) is 25.7 Å². The van der Waals surface area contributed by atoms with Gasteiger partial charge in [-0.1, -0.05) is 18.9 Å². The Balaban J connectivity index is 1.86. The molecule has 1 aromatic carbocycles. The van der Waals surface area contributed by atoms with Gasteiger partial charge in [0, 0.05) is 24.0 Å².